The van der Waals surface area contributed by atoms with Gasteiger partial charge >= 0.3 is 0 Å². The van der Waals surface area contributed by atoms with Gasteiger partial charge < -0.3 is 14.2 Å². The molecule has 1 saturated heterocycles. The van der Waals surface area contributed by atoms with Crippen LogP contribution in [0.5, 0.6) is 5.75 Å². The fourth-order valence-corrected chi connectivity index (χ4v) is 4.12. The largest absolute Gasteiger partial charge is 0.497 e. The molecule has 3 aromatic rings. The number of benzene rings is 2. The summed E-state index contributed by atoms with van der Waals surface area (Å²) in [4.78, 5) is 41.4. The summed E-state index contributed by atoms with van der Waals surface area (Å²) in [5, 5.41) is 4.07. The van der Waals surface area contributed by atoms with Crippen LogP contribution in [-0.4, -0.2) is 53.9 Å². The van der Waals surface area contributed by atoms with Gasteiger partial charge in [-0.15, -0.1) is 0 Å². The Hall–Kier alpha value is -3.94. The molecule has 0 saturated carbocycles. The number of hydrogen-bond donors (Lipinski definition) is 0. The average molecular weight is 447 g/mol. The van der Waals surface area contributed by atoms with E-state index in [1.165, 1.54) is 19.1 Å². The molecule has 1 aliphatic heterocycles. The molecule has 0 spiro atoms. The summed E-state index contributed by atoms with van der Waals surface area (Å²) in [6, 6.07) is 18.3. The van der Waals surface area contributed by atoms with Gasteiger partial charge in [-0.1, -0.05) is 47.6 Å². The van der Waals surface area contributed by atoms with E-state index in [1.54, 1.807) is 37.4 Å². The molecule has 2 aromatic carbocycles. The lowest BCUT2D eigenvalue weighted by Gasteiger charge is -2.28. The molecule has 1 fully saturated rings. The van der Waals surface area contributed by atoms with Crippen molar-refractivity contribution in [1.29, 1.82) is 0 Å². The summed E-state index contributed by atoms with van der Waals surface area (Å²) in [6.45, 7) is 0.210. The maximum Gasteiger partial charge on any atom is 0.240 e. The minimum absolute atomic E-state index is 0.0722. The van der Waals surface area contributed by atoms with E-state index in [4.69, 9.17) is 9.26 Å². The van der Waals surface area contributed by atoms with Crippen LogP contribution in [0.3, 0.4) is 0 Å². The lowest BCUT2D eigenvalue weighted by molar-refractivity contribution is -0.141. The van der Waals surface area contributed by atoms with Gasteiger partial charge in [0.2, 0.25) is 17.7 Å². The number of hydrogen-bond acceptors (Lipinski definition) is 6. The molecule has 0 bridgehead atoms. The first-order chi connectivity index (χ1) is 15.8. The number of amides is 3. The molecule has 0 unspecified atom stereocenters. The van der Waals surface area contributed by atoms with Crippen molar-refractivity contribution < 1.29 is 23.6 Å². The second-order valence-corrected chi connectivity index (χ2v) is 8.22. The summed E-state index contributed by atoms with van der Waals surface area (Å²) in [5.74, 6) is 0.173. The Kier molecular flexibility index (Phi) is 6.00. The van der Waals surface area contributed by atoms with Gasteiger partial charge in [-0.05, 0) is 17.7 Å². The molecular formula is C25H25N3O5. The summed E-state index contributed by atoms with van der Waals surface area (Å²) >= 11 is 0. The van der Waals surface area contributed by atoms with Gasteiger partial charge in [0.15, 0.2) is 5.76 Å². The van der Waals surface area contributed by atoms with Crippen molar-refractivity contribution in [2.45, 2.75) is 24.8 Å². The Balaban J connectivity index is 1.56. The standard InChI is InChI=1S/C25H25N3O5/c1-27(16-19-13-21(33-26-19)17-8-5-4-6-9-17)22(29)14-25(15-23(30)28(2)24(25)31)18-10-7-11-20(12-18)32-3/h4-13H,14-16H2,1-3H3/t25-/m0/s1. The van der Waals surface area contributed by atoms with E-state index in [0.717, 1.165) is 10.5 Å². The molecule has 1 aliphatic rings. The number of carbonyl (C=O) groups excluding carboxylic acids is 3. The van der Waals surface area contributed by atoms with Crippen LogP contribution in [0.25, 0.3) is 11.3 Å². The number of aromatic nitrogens is 1. The Bertz CT molecular complexity index is 1190. The predicted octanol–water partition coefficient (Wildman–Crippen LogP) is 3.03. The van der Waals surface area contributed by atoms with Gasteiger partial charge in [0.1, 0.15) is 11.4 Å². The minimum Gasteiger partial charge on any atom is -0.497 e. The monoisotopic (exact) mass is 447 g/mol. The van der Waals surface area contributed by atoms with Crippen molar-refractivity contribution in [3.63, 3.8) is 0 Å². The normalized spacial score (nSPS) is 18.0. The molecule has 33 heavy (non-hydrogen) atoms. The molecule has 8 heteroatoms. The second kappa shape index (κ2) is 8.90. The van der Waals surface area contributed by atoms with E-state index < -0.39 is 11.3 Å². The molecule has 8 nitrogen and oxygen atoms in total. The van der Waals surface area contributed by atoms with Crippen molar-refractivity contribution in [3.05, 3.63) is 71.9 Å². The number of likely N-dealkylation sites (tertiary alicyclic amines) is 1. The molecule has 1 aromatic heterocycles. The van der Waals surface area contributed by atoms with Crippen LogP contribution in [0.4, 0.5) is 0 Å². The smallest absolute Gasteiger partial charge is 0.240 e. The van der Waals surface area contributed by atoms with Crippen molar-refractivity contribution in [3.8, 4) is 17.1 Å². The molecule has 0 N–H and O–H groups in total. The number of rotatable bonds is 7. The number of methoxy groups -OCH3 is 1. The lowest BCUT2D eigenvalue weighted by atomic mass is 9.75. The molecule has 0 aliphatic carbocycles. The fourth-order valence-electron chi connectivity index (χ4n) is 4.12. The zero-order chi connectivity index (χ0) is 23.6. The van der Waals surface area contributed by atoms with E-state index in [9.17, 15) is 14.4 Å². The van der Waals surface area contributed by atoms with Crippen molar-refractivity contribution in [1.82, 2.24) is 15.0 Å². The van der Waals surface area contributed by atoms with Crippen LogP contribution < -0.4 is 4.74 Å². The predicted molar refractivity (Wildman–Crippen MR) is 120 cm³/mol. The third-order valence-corrected chi connectivity index (χ3v) is 6.06. The maximum atomic E-state index is 13.2. The second-order valence-electron chi connectivity index (χ2n) is 8.22. The van der Waals surface area contributed by atoms with E-state index >= 15 is 0 Å². The molecule has 3 amide bonds. The van der Waals surface area contributed by atoms with Crippen LogP contribution >= 0.6 is 0 Å². The summed E-state index contributed by atoms with van der Waals surface area (Å²) in [7, 11) is 4.62. The van der Waals surface area contributed by atoms with E-state index in [0.29, 0.717) is 22.8 Å². The number of likely N-dealkylation sites (N-methyl/N-ethyl adjacent to an activating group) is 1. The highest BCUT2D eigenvalue weighted by Crippen LogP contribution is 2.40. The molecule has 2 heterocycles. The quantitative estimate of drug-likeness (QED) is 0.517. The van der Waals surface area contributed by atoms with Crippen LogP contribution in [0.2, 0.25) is 0 Å². The Morgan fingerprint density at radius 1 is 1.15 bits per heavy atom. The first-order valence-electron chi connectivity index (χ1n) is 10.5. The third kappa shape index (κ3) is 4.24. The SMILES string of the molecule is COc1cccc([C@]2(CC(=O)N(C)Cc3cc(-c4ccccc4)on3)CC(=O)N(C)C2=O)c1. The molecule has 4 rings (SSSR count). The molecule has 0 radical (unpaired) electrons. The zero-order valence-electron chi connectivity index (χ0n) is 18.8. The summed E-state index contributed by atoms with van der Waals surface area (Å²) in [5.41, 5.74) is 0.788. The Labute approximate surface area is 191 Å². The Morgan fingerprint density at radius 2 is 1.91 bits per heavy atom. The molecule has 1 atom stereocenters. The first kappa shape index (κ1) is 22.3. The van der Waals surface area contributed by atoms with E-state index in [-0.39, 0.29) is 31.2 Å². The fraction of sp³-hybridized carbons (Fsp3) is 0.280. The maximum absolute atomic E-state index is 13.2. The number of nitrogens with zero attached hydrogens (tertiary/aromatic N) is 3. The van der Waals surface area contributed by atoms with Crippen molar-refractivity contribution in [2.75, 3.05) is 21.2 Å². The number of carbonyl (C=O) groups is 3. The average Bonchev–Trinajstić information content (AvgIpc) is 3.39. The topological polar surface area (TPSA) is 92.9 Å². The van der Waals surface area contributed by atoms with Gasteiger partial charge in [-0.3, -0.25) is 19.3 Å². The van der Waals surface area contributed by atoms with Gasteiger partial charge in [0.25, 0.3) is 0 Å². The van der Waals surface area contributed by atoms with Crippen LogP contribution in [0, 0.1) is 0 Å². The van der Waals surface area contributed by atoms with Gasteiger partial charge in [-0.25, -0.2) is 0 Å². The zero-order valence-corrected chi connectivity index (χ0v) is 18.8. The van der Waals surface area contributed by atoms with Gasteiger partial charge in [-0.2, -0.15) is 0 Å². The van der Waals surface area contributed by atoms with Crippen molar-refractivity contribution in [2.24, 2.45) is 0 Å². The van der Waals surface area contributed by atoms with E-state index in [2.05, 4.69) is 5.16 Å². The highest BCUT2D eigenvalue weighted by molar-refractivity contribution is 6.10. The van der Waals surface area contributed by atoms with Crippen LogP contribution in [0.15, 0.2) is 65.2 Å². The van der Waals surface area contributed by atoms with Gasteiger partial charge in [0, 0.05) is 38.6 Å². The number of ether oxygens (including phenoxy) is 1. The molecular weight excluding hydrogens is 422 g/mol. The van der Waals surface area contributed by atoms with Crippen LogP contribution in [-0.2, 0) is 26.3 Å². The highest BCUT2D eigenvalue weighted by atomic mass is 16.5. The van der Waals surface area contributed by atoms with Gasteiger partial charge in [0.05, 0.1) is 19.1 Å². The summed E-state index contributed by atoms with van der Waals surface area (Å²) < 4.78 is 10.7. The van der Waals surface area contributed by atoms with Crippen LogP contribution in [0.1, 0.15) is 24.1 Å². The molecule has 170 valence electrons. The first-order valence-corrected chi connectivity index (χ1v) is 10.5. The lowest BCUT2D eigenvalue weighted by Crippen LogP contribution is -2.41. The number of imide groups is 1. The van der Waals surface area contributed by atoms with Crippen molar-refractivity contribution >= 4 is 17.7 Å². The summed E-state index contributed by atoms with van der Waals surface area (Å²) in [6.07, 6.45) is -0.216. The minimum atomic E-state index is -1.27. The highest BCUT2D eigenvalue weighted by Gasteiger charge is 2.53. The van der Waals surface area contributed by atoms with E-state index in [1.807, 2.05) is 30.3 Å². The Morgan fingerprint density at radius 3 is 2.58 bits per heavy atom. The third-order valence-electron chi connectivity index (χ3n) is 6.06.